The summed E-state index contributed by atoms with van der Waals surface area (Å²) in [5, 5.41) is 15.4. The number of rotatable bonds is 4. The van der Waals surface area contributed by atoms with E-state index in [0.717, 1.165) is 0 Å². The van der Waals surface area contributed by atoms with E-state index >= 15 is 0 Å². The molecular formula is C16H19N3O3. The van der Waals surface area contributed by atoms with Crippen LogP contribution in [0.5, 0.6) is 0 Å². The highest BCUT2D eigenvalue weighted by molar-refractivity contribution is 5.89. The lowest BCUT2D eigenvalue weighted by Crippen LogP contribution is -2.41. The molecule has 0 radical (unpaired) electrons. The predicted molar refractivity (Wildman–Crippen MR) is 84.7 cm³/mol. The monoisotopic (exact) mass is 301 g/mol. The molecule has 6 heteroatoms. The van der Waals surface area contributed by atoms with Crippen LogP contribution >= 0.6 is 0 Å². The molecule has 2 rings (SSSR count). The molecule has 2 aromatic rings. The number of anilines is 1. The third-order valence-electron chi connectivity index (χ3n) is 3.36. The van der Waals surface area contributed by atoms with Crippen LogP contribution < -0.4 is 16.2 Å². The Kier molecular flexibility index (Phi) is 4.62. The zero-order valence-corrected chi connectivity index (χ0v) is 12.5. The number of aromatic nitrogens is 1. The van der Waals surface area contributed by atoms with E-state index in [1.165, 1.54) is 10.6 Å². The first-order valence-corrected chi connectivity index (χ1v) is 6.88. The number of pyridine rings is 1. The summed E-state index contributed by atoms with van der Waals surface area (Å²) in [4.78, 5) is 23.7. The molecule has 0 bridgehead atoms. The van der Waals surface area contributed by atoms with E-state index in [9.17, 15) is 14.7 Å². The summed E-state index contributed by atoms with van der Waals surface area (Å²) in [6.45, 7) is 1.64. The van der Waals surface area contributed by atoms with Crippen molar-refractivity contribution in [3.8, 4) is 0 Å². The third kappa shape index (κ3) is 3.73. The van der Waals surface area contributed by atoms with Crippen molar-refractivity contribution in [1.29, 1.82) is 0 Å². The molecule has 1 aromatic carbocycles. The predicted octanol–water partition coefficient (Wildman–Crippen LogP) is 1.41. The molecule has 6 nitrogen and oxygen atoms in total. The Hall–Kier alpha value is -2.60. The maximum absolute atomic E-state index is 11.9. The Bertz CT molecular complexity index is 708. The van der Waals surface area contributed by atoms with Gasteiger partial charge in [0, 0.05) is 13.2 Å². The first-order valence-electron chi connectivity index (χ1n) is 6.88. The summed E-state index contributed by atoms with van der Waals surface area (Å²) >= 11 is 0. The summed E-state index contributed by atoms with van der Waals surface area (Å²) in [6, 6.07) is 11.7. The molecule has 0 aliphatic heterocycles. The van der Waals surface area contributed by atoms with E-state index in [1.807, 2.05) is 18.2 Å². The third-order valence-corrected chi connectivity index (χ3v) is 3.36. The topological polar surface area (TPSA) is 83.4 Å². The molecule has 3 N–H and O–H groups in total. The average molecular weight is 301 g/mol. The lowest BCUT2D eigenvalue weighted by Gasteiger charge is -2.24. The van der Waals surface area contributed by atoms with Gasteiger partial charge in [-0.3, -0.25) is 4.79 Å². The first kappa shape index (κ1) is 15.8. The number of carbonyl (C=O) groups is 1. The normalized spacial score (nSPS) is 13.2. The van der Waals surface area contributed by atoms with Crippen molar-refractivity contribution in [2.45, 2.75) is 12.5 Å². The highest BCUT2D eigenvalue weighted by Gasteiger charge is 2.23. The molecule has 1 unspecified atom stereocenters. The molecule has 22 heavy (non-hydrogen) atoms. The van der Waals surface area contributed by atoms with E-state index < -0.39 is 11.6 Å². The zero-order chi connectivity index (χ0) is 16.2. The van der Waals surface area contributed by atoms with Crippen LogP contribution in [0.2, 0.25) is 0 Å². The molecule has 0 saturated carbocycles. The fraction of sp³-hybridized carbons (Fsp3) is 0.250. The van der Waals surface area contributed by atoms with Crippen LogP contribution in [0.1, 0.15) is 12.5 Å². The summed E-state index contributed by atoms with van der Waals surface area (Å²) < 4.78 is 1.37. The fourth-order valence-electron chi connectivity index (χ4n) is 2.01. The van der Waals surface area contributed by atoms with Gasteiger partial charge in [0.05, 0.1) is 6.54 Å². The second kappa shape index (κ2) is 6.44. The number of nitrogens with zero attached hydrogens (tertiary/aromatic N) is 1. The van der Waals surface area contributed by atoms with Gasteiger partial charge in [-0.2, -0.15) is 0 Å². The molecule has 1 heterocycles. The van der Waals surface area contributed by atoms with Crippen molar-refractivity contribution in [3.63, 3.8) is 0 Å². The smallest absolute Gasteiger partial charge is 0.319 e. The number of benzene rings is 1. The number of aryl methyl sites for hydroxylation is 1. The van der Waals surface area contributed by atoms with Crippen LogP contribution in [0.3, 0.4) is 0 Å². The van der Waals surface area contributed by atoms with Gasteiger partial charge in [-0.25, -0.2) is 4.79 Å². The molecule has 0 aliphatic rings. The largest absolute Gasteiger partial charge is 0.384 e. The molecule has 0 fully saturated rings. The Labute approximate surface area is 128 Å². The van der Waals surface area contributed by atoms with Crippen molar-refractivity contribution in [2.24, 2.45) is 7.05 Å². The number of hydrogen-bond acceptors (Lipinski definition) is 3. The minimum atomic E-state index is -1.19. The summed E-state index contributed by atoms with van der Waals surface area (Å²) in [6.07, 6.45) is 1.60. The molecular weight excluding hydrogens is 282 g/mol. The van der Waals surface area contributed by atoms with Gasteiger partial charge >= 0.3 is 6.03 Å². The van der Waals surface area contributed by atoms with E-state index in [2.05, 4.69) is 10.6 Å². The number of carbonyl (C=O) groups excluding carboxylic acids is 1. The summed E-state index contributed by atoms with van der Waals surface area (Å²) in [5.41, 5.74) is -0.611. The lowest BCUT2D eigenvalue weighted by molar-refractivity contribution is 0.0599. The summed E-state index contributed by atoms with van der Waals surface area (Å²) in [5.74, 6) is 0. The number of hydrogen-bond donors (Lipinski definition) is 3. The first-order chi connectivity index (χ1) is 10.4. The molecule has 0 spiro atoms. The second-order valence-electron chi connectivity index (χ2n) is 5.29. The van der Waals surface area contributed by atoms with Gasteiger partial charge in [0.2, 0.25) is 0 Å². The molecule has 2 amide bonds. The highest BCUT2D eigenvalue weighted by atomic mass is 16.3. The Balaban J connectivity index is 1.98. The van der Waals surface area contributed by atoms with Gasteiger partial charge in [0.25, 0.3) is 5.56 Å². The van der Waals surface area contributed by atoms with Gasteiger partial charge in [-0.05, 0) is 24.6 Å². The number of amides is 2. The minimum absolute atomic E-state index is 0.0238. The Morgan fingerprint density at radius 3 is 2.59 bits per heavy atom. The molecule has 1 atom stereocenters. The van der Waals surface area contributed by atoms with Gasteiger partial charge < -0.3 is 20.3 Å². The number of aliphatic hydroxyl groups is 1. The van der Waals surface area contributed by atoms with Crippen LogP contribution in [0.15, 0.2) is 53.5 Å². The zero-order valence-electron chi connectivity index (χ0n) is 12.5. The van der Waals surface area contributed by atoms with Crippen molar-refractivity contribution in [3.05, 3.63) is 64.6 Å². The van der Waals surface area contributed by atoms with Crippen LogP contribution in [-0.4, -0.2) is 22.2 Å². The molecule has 1 aromatic heterocycles. The van der Waals surface area contributed by atoms with Crippen LogP contribution in [0.25, 0.3) is 0 Å². The quantitative estimate of drug-likeness (QED) is 0.798. The Morgan fingerprint density at radius 2 is 1.91 bits per heavy atom. The van der Waals surface area contributed by atoms with Crippen molar-refractivity contribution in [2.75, 3.05) is 11.9 Å². The Morgan fingerprint density at radius 1 is 1.23 bits per heavy atom. The number of urea groups is 1. The fourth-order valence-corrected chi connectivity index (χ4v) is 2.01. The standard InChI is InChI=1S/C16H19N3O3/c1-16(22,12-7-4-3-5-8-12)11-17-15(21)18-13-9-6-10-19(2)14(13)20/h3-10,22H,11H2,1-2H3,(H2,17,18,21). The molecule has 116 valence electrons. The number of nitrogens with one attached hydrogen (secondary N) is 2. The van der Waals surface area contributed by atoms with Gasteiger partial charge in [-0.1, -0.05) is 30.3 Å². The van der Waals surface area contributed by atoms with Crippen molar-refractivity contribution >= 4 is 11.7 Å². The SMILES string of the molecule is Cn1cccc(NC(=O)NCC(C)(O)c2ccccc2)c1=O. The van der Waals surface area contributed by atoms with Crippen LogP contribution in [-0.2, 0) is 12.6 Å². The molecule has 0 aliphatic carbocycles. The average Bonchev–Trinajstić information content (AvgIpc) is 2.51. The summed E-state index contributed by atoms with van der Waals surface area (Å²) in [7, 11) is 1.60. The van der Waals surface area contributed by atoms with E-state index in [1.54, 1.807) is 38.4 Å². The van der Waals surface area contributed by atoms with E-state index in [4.69, 9.17) is 0 Å². The minimum Gasteiger partial charge on any atom is -0.384 e. The molecule has 0 saturated heterocycles. The van der Waals surface area contributed by atoms with Crippen LogP contribution in [0.4, 0.5) is 10.5 Å². The lowest BCUT2D eigenvalue weighted by atomic mass is 9.96. The van der Waals surface area contributed by atoms with Crippen molar-refractivity contribution in [1.82, 2.24) is 9.88 Å². The van der Waals surface area contributed by atoms with E-state index in [-0.39, 0.29) is 17.8 Å². The maximum atomic E-state index is 11.9. The maximum Gasteiger partial charge on any atom is 0.319 e. The second-order valence-corrected chi connectivity index (χ2v) is 5.29. The van der Waals surface area contributed by atoms with Crippen molar-refractivity contribution < 1.29 is 9.90 Å². The highest BCUT2D eigenvalue weighted by Crippen LogP contribution is 2.18. The van der Waals surface area contributed by atoms with Gasteiger partial charge in [0.1, 0.15) is 11.3 Å². The van der Waals surface area contributed by atoms with Crippen LogP contribution in [0, 0.1) is 0 Å². The van der Waals surface area contributed by atoms with Gasteiger partial charge in [-0.15, -0.1) is 0 Å². The van der Waals surface area contributed by atoms with E-state index in [0.29, 0.717) is 5.56 Å². The van der Waals surface area contributed by atoms with Gasteiger partial charge in [0.15, 0.2) is 0 Å².